The molecule has 1 aromatic carbocycles. The Bertz CT molecular complexity index is 689. The summed E-state index contributed by atoms with van der Waals surface area (Å²) in [7, 11) is 0. The molecule has 0 aliphatic heterocycles. The molecule has 4 heteroatoms. The minimum absolute atomic E-state index is 0.540. The maximum absolute atomic E-state index is 5.99. The van der Waals surface area contributed by atoms with Crippen molar-refractivity contribution in [1.82, 2.24) is 15.2 Å². The molecule has 21 heavy (non-hydrogen) atoms. The molecule has 0 amide bonds. The number of benzene rings is 1. The average Bonchev–Trinajstić information content (AvgIpc) is 2.90. The number of aromatic amines is 1. The summed E-state index contributed by atoms with van der Waals surface area (Å²) in [5.74, 6) is 0.540. The Hall–Kier alpha value is -2.62. The number of nitrogens with two attached hydrogens (primary N) is 1. The first-order valence-electron chi connectivity index (χ1n) is 7.11. The Morgan fingerprint density at radius 3 is 2.62 bits per heavy atom. The number of hydrogen-bond acceptors (Lipinski definition) is 3. The Morgan fingerprint density at radius 2 is 1.86 bits per heavy atom. The van der Waals surface area contributed by atoms with Gasteiger partial charge in [-0.1, -0.05) is 36.4 Å². The van der Waals surface area contributed by atoms with Crippen molar-refractivity contribution in [2.24, 2.45) is 0 Å². The van der Waals surface area contributed by atoms with E-state index in [9.17, 15) is 0 Å². The zero-order valence-electron chi connectivity index (χ0n) is 11.8. The van der Waals surface area contributed by atoms with Crippen molar-refractivity contribution in [1.29, 1.82) is 0 Å². The fourth-order valence-electron chi connectivity index (χ4n) is 2.52. The molecule has 106 valence electrons. The molecule has 0 unspecified atom stereocenters. The first-order chi connectivity index (χ1) is 10.3. The van der Waals surface area contributed by atoms with E-state index in [1.54, 1.807) is 6.20 Å². The monoisotopic (exact) mass is 278 g/mol. The number of aromatic nitrogens is 3. The topological polar surface area (TPSA) is 67.6 Å². The highest BCUT2D eigenvalue weighted by atomic mass is 15.2. The summed E-state index contributed by atoms with van der Waals surface area (Å²) in [6.45, 7) is 0. The number of rotatable bonds is 5. The van der Waals surface area contributed by atoms with Gasteiger partial charge in [0.15, 0.2) is 5.82 Å². The highest BCUT2D eigenvalue weighted by molar-refractivity contribution is 5.75. The molecule has 3 aromatic rings. The maximum atomic E-state index is 5.99. The Kier molecular flexibility index (Phi) is 3.96. The Balaban J connectivity index is 1.72. The van der Waals surface area contributed by atoms with E-state index in [1.807, 2.05) is 24.4 Å². The van der Waals surface area contributed by atoms with Crippen molar-refractivity contribution < 1.29 is 0 Å². The zero-order valence-corrected chi connectivity index (χ0v) is 11.8. The third-order valence-electron chi connectivity index (χ3n) is 3.55. The molecule has 0 aliphatic rings. The summed E-state index contributed by atoms with van der Waals surface area (Å²) < 4.78 is 0. The third kappa shape index (κ3) is 3.11. The number of nitrogens with one attached hydrogen (secondary N) is 1. The Morgan fingerprint density at radius 1 is 1.00 bits per heavy atom. The van der Waals surface area contributed by atoms with Gasteiger partial charge in [-0.15, -0.1) is 0 Å². The highest BCUT2D eigenvalue weighted by Crippen LogP contribution is 2.28. The van der Waals surface area contributed by atoms with Gasteiger partial charge in [-0.05, 0) is 30.9 Å². The van der Waals surface area contributed by atoms with Crippen molar-refractivity contribution in [3.63, 3.8) is 0 Å². The van der Waals surface area contributed by atoms with Gasteiger partial charge in [0.2, 0.25) is 0 Å². The van der Waals surface area contributed by atoms with Crippen LogP contribution in [0.1, 0.15) is 17.7 Å². The molecule has 0 radical (unpaired) electrons. The van der Waals surface area contributed by atoms with Crippen molar-refractivity contribution in [3.8, 4) is 11.1 Å². The predicted molar refractivity (Wildman–Crippen MR) is 84.7 cm³/mol. The standard InChI is InChI=1S/C17H18N4/c18-17-16(14-9-5-11-19-12-14)15(20-21-17)10-4-8-13-6-2-1-3-7-13/h1-3,5-7,9,11-12H,4,8,10H2,(H3,18,20,21). The smallest absolute Gasteiger partial charge is 0.153 e. The molecule has 0 atom stereocenters. The second-order valence-electron chi connectivity index (χ2n) is 5.04. The third-order valence-corrected chi connectivity index (χ3v) is 3.55. The molecule has 0 saturated carbocycles. The lowest BCUT2D eigenvalue weighted by molar-refractivity contribution is 0.794. The van der Waals surface area contributed by atoms with Gasteiger partial charge in [-0.2, -0.15) is 5.10 Å². The lowest BCUT2D eigenvalue weighted by Crippen LogP contribution is -1.94. The zero-order chi connectivity index (χ0) is 14.5. The molecule has 4 nitrogen and oxygen atoms in total. The van der Waals surface area contributed by atoms with Crippen LogP contribution in [0.5, 0.6) is 0 Å². The number of hydrogen-bond donors (Lipinski definition) is 2. The van der Waals surface area contributed by atoms with Gasteiger partial charge in [-0.3, -0.25) is 10.1 Å². The summed E-state index contributed by atoms with van der Waals surface area (Å²) in [5.41, 5.74) is 10.4. The van der Waals surface area contributed by atoms with Crippen LogP contribution in [0.2, 0.25) is 0 Å². The van der Waals surface area contributed by atoms with Crippen LogP contribution in [-0.2, 0) is 12.8 Å². The number of nitrogens with zero attached hydrogens (tertiary/aromatic N) is 2. The second kappa shape index (κ2) is 6.22. The van der Waals surface area contributed by atoms with Crippen LogP contribution < -0.4 is 5.73 Å². The molecule has 0 saturated heterocycles. The van der Waals surface area contributed by atoms with Crippen LogP contribution in [0.3, 0.4) is 0 Å². The summed E-state index contributed by atoms with van der Waals surface area (Å²) in [6, 6.07) is 14.4. The van der Waals surface area contributed by atoms with Crippen LogP contribution in [-0.4, -0.2) is 15.2 Å². The molecular formula is C17H18N4. The average molecular weight is 278 g/mol. The van der Waals surface area contributed by atoms with Crippen molar-refractivity contribution in [2.45, 2.75) is 19.3 Å². The van der Waals surface area contributed by atoms with Gasteiger partial charge in [0.05, 0.1) is 0 Å². The summed E-state index contributed by atoms with van der Waals surface area (Å²) in [5, 5.41) is 7.20. The number of aryl methyl sites for hydroxylation is 2. The highest BCUT2D eigenvalue weighted by Gasteiger charge is 2.12. The molecule has 0 spiro atoms. The first kappa shape index (κ1) is 13.4. The van der Waals surface area contributed by atoms with E-state index in [0.29, 0.717) is 5.82 Å². The lowest BCUT2D eigenvalue weighted by atomic mass is 10.0. The van der Waals surface area contributed by atoms with Crippen LogP contribution in [0.4, 0.5) is 5.82 Å². The fourth-order valence-corrected chi connectivity index (χ4v) is 2.52. The molecule has 0 fully saturated rings. The second-order valence-corrected chi connectivity index (χ2v) is 5.04. The summed E-state index contributed by atoms with van der Waals surface area (Å²) >= 11 is 0. The largest absolute Gasteiger partial charge is 0.382 e. The van der Waals surface area contributed by atoms with Crippen LogP contribution in [0, 0.1) is 0 Å². The SMILES string of the molecule is Nc1n[nH]c(CCCc2ccccc2)c1-c1cccnc1. The van der Waals surface area contributed by atoms with Gasteiger partial charge in [0.1, 0.15) is 0 Å². The number of pyridine rings is 1. The number of anilines is 1. The van der Waals surface area contributed by atoms with Gasteiger partial charge in [-0.25, -0.2) is 0 Å². The fraction of sp³-hybridized carbons (Fsp3) is 0.176. The van der Waals surface area contributed by atoms with Crippen LogP contribution >= 0.6 is 0 Å². The number of nitrogen functional groups attached to an aromatic ring is 1. The van der Waals surface area contributed by atoms with Gasteiger partial charge in [0, 0.05) is 29.2 Å². The van der Waals surface area contributed by atoms with Crippen molar-refractivity contribution in [3.05, 3.63) is 66.1 Å². The van der Waals surface area contributed by atoms with E-state index in [1.165, 1.54) is 5.56 Å². The van der Waals surface area contributed by atoms with Gasteiger partial charge in [0.25, 0.3) is 0 Å². The van der Waals surface area contributed by atoms with E-state index < -0.39 is 0 Å². The van der Waals surface area contributed by atoms with Gasteiger partial charge >= 0.3 is 0 Å². The quantitative estimate of drug-likeness (QED) is 0.753. The molecule has 3 N–H and O–H groups in total. The van der Waals surface area contributed by atoms with E-state index in [2.05, 4.69) is 39.4 Å². The molecule has 0 aliphatic carbocycles. The van der Waals surface area contributed by atoms with E-state index in [0.717, 1.165) is 36.1 Å². The first-order valence-corrected chi connectivity index (χ1v) is 7.11. The van der Waals surface area contributed by atoms with Gasteiger partial charge < -0.3 is 5.73 Å². The lowest BCUT2D eigenvalue weighted by Gasteiger charge is -2.04. The van der Waals surface area contributed by atoms with E-state index in [-0.39, 0.29) is 0 Å². The molecular weight excluding hydrogens is 260 g/mol. The van der Waals surface area contributed by atoms with E-state index in [4.69, 9.17) is 5.73 Å². The van der Waals surface area contributed by atoms with Crippen LogP contribution in [0.25, 0.3) is 11.1 Å². The predicted octanol–water partition coefficient (Wildman–Crippen LogP) is 3.23. The van der Waals surface area contributed by atoms with Crippen molar-refractivity contribution >= 4 is 5.82 Å². The number of H-pyrrole nitrogens is 1. The van der Waals surface area contributed by atoms with E-state index >= 15 is 0 Å². The summed E-state index contributed by atoms with van der Waals surface area (Å²) in [4.78, 5) is 4.15. The molecule has 2 heterocycles. The van der Waals surface area contributed by atoms with Crippen LogP contribution in [0.15, 0.2) is 54.9 Å². The summed E-state index contributed by atoms with van der Waals surface area (Å²) in [6.07, 6.45) is 6.60. The minimum Gasteiger partial charge on any atom is -0.382 e. The maximum Gasteiger partial charge on any atom is 0.153 e. The minimum atomic E-state index is 0.540. The Labute approximate surface area is 124 Å². The normalized spacial score (nSPS) is 10.7. The molecule has 0 bridgehead atoms. The molecule has 2 aromatic heterocycles. The van der Waals surface area contributed by atoms with Crippen molar-refractivity contribution in [2.75, 3.05) is 5.73 Å². The molecule has 3 rings (SSSR count).